The van der Waals surface area contributed by atoms with Gasteiger partial charge in [0.05, 0.1) is 17.5 Å². The molecular formula is C19H20N2O4S. The molecule has 1 N–H and O–H groups in total. The topological polar surface area (TPSA) is 77.9 Å². The number of carboxylic acids is 1. The Morgan fingerprint density at radius 2 is 1.73 bits per heavy atom. The summed E-state index contributed by atoms with van der Waals surface area (Å²) in [5.74, 6) is -1.14. The summed E-state index contributed by atoms with van der Waals surface area (Å²) in [6, 6.07) is 8.37. The summed E-state index contributed by atoms with van der Waals surface area (Å²) in [7, 11) is 0. The Bertz CT molecular complexity index is 804. The lowest BCUT2D eigenvalue weighted by molar-refractivity contribution is -0.130. The molecule has 0 spiro atoms. The van der Waals surface area contributed by atoms with Crippen LogP contribution in [0.4, 0.5) is 0 Å². The molecule has 3 rings (SSSR count). The van der Waals surface area contributed by atoms with Gasteiger partial charge >= 0.3 is 5.97 Å². The third-order valence-corrected chi connectivity index (χ3v) is 5.18. The van der Waals surface area contributed by atoms with E-state index in [0.717, 1.165) is 0 Å². The molecule has 0 unspecified atom stereocenters. The minimum atomic E-state index is -1.03. The van der Waals surface area contributed by atoms with Crippen molar-refractivity contribution in [2.45, 2.75) is 12.8 Å². The Labute approximate surface area is 155 Å². The molecule has 1 aliphatic rings. The fourth-order valence-electron chi connectivity index (χ4n) is 3.10. The SMILES string of the molecule is O=C(O)c1ccccc1CC(=O)N1CCCN(C(=O)c2ccsc2)CC1. The van der Waals surface area contributed by atoms with Crippen LogP contribution in [0.1, 0.15) is 32.7 Å². The van der Waals surface area contributed by atoms with Gasteiger partial charge in [0.25, 0.3) is 5.91 Å². The van der Waals surface area contributed by atoms with Gasteiger partial charge in [0.1, 0.15) is 0 Å². The van der Waals surface area contributed by atoms with Gasteiger partial charge in [0.15, 0.2) is 0 Å². The van der Waals surface area contributed by atoms with Gasteiger partial charge in [-0.3, -0.25) is 9.59 Å². The number of carbonyl (C=O) groups excluding carboxylic acids is 2. The predicted octanol–water partition coefficient (Wildman–Crippen LogP) is 2.36. The fraction of sp³-hybridized carbons (Fsp3) is 0.316. The molecule has 7 heteroatoms. The van der Waals surface area contributed by atoms with Crippen LogP contribution in [0.15, 0.2) is 41.1 Å². The average molecular weight is 372 g/mol. The zero-order valence-electron chi connectivity index (χ0n) is 14.3. The first-order valence-corrected chi connectivity index (χ1v) is 9.41. The second kappa shape index (κ2) is 8.14. The molecule has 1 fully saturated rings. The van der Waals surface area contributed by atoms with Gasteiger partial charge in [-0.1, -0.05) is 18.2 Å². The lowest BCUT2D eigenvalue weighted by atomic mass is 10.0. The van der Waals surface area contributed by atoms with Crippen LogP contribution in [0.2, 0.25) is 0 Å². The first kappa shape index (κ1) is 18.1. The van der Waals surface area contributed by atoms with Crippen molar-refractivity contribution in [1.29, 1.82) is 0 Å². The molecule has 0 saturated carbocycles. The van der Waals surface area contributed by atoms with E-state index in [1.165, 1.54) is 17.4 Å². The average Bonchev–Trinajstić information content (AvgIpc) is 3.05. The minimum absolute atomic E-state index is 0.00299. The number of hydrogen-bond acceptors (Lipinski definition) is 4. The summed E-state index contributed by atoms with van der Waals surface area (Å²) in [6.07, 6.45) is 0.767. The van der Waals surface area contributed by atoms with Crippen LogP contribution in [-0.2, 0) is 11.2 Å². The van der Waals surface area contributed by atoms with E-state index in [1.54, 1.807) is 28.0 Å². The van der Waals surface area contributed by atoms with Crippen LogP contribution in [-0.4, -0.2) is 58.9 Å². The highest BCUT2D eigenvalue weighted by atomic mass is 32.1. The van der Waals surface area contributed by atoms with Gasteiger partial charge in [-0.2, -0.15) is 11.3 Å². The van der Waals surface area contributed by atoms with Crippen LogP contribution in [0, 0.1) is 0 Å². The Morgan fingerprint density at radius 1 is 1.00 bits per heavy atom. The maximum Gasteiger partial charge on any atom is 0.335 e. The monoisotopic (exact) mass is 372 g/mol. The second-order valence-electron chi connectivity index (χ2n) is 6.18. The number of amides is 2. The zero-order chi connectivity index (χ0) is 18.5. The minimum Gasteiger partial charge on any atom is -0.478 e. The lowest BCUT2D eigenvalue weighted by Gasteiger charge is -2.22. The Hall–Kier alpha value is -2.67. The number of thiophene rings is 1. The van der Waals surface area contributed by atoms with E-state index in [0.29, 0.717) is 43.7 Å². The van der Waals surface area contributed by atoms with Crippen molar-refractivity contribution in [3.63, 3.8) is 0 Å². The molecule has 0 bridgehead atoms. The molecule has 1 aromatic heterocycles. The first-order chi connectivity index (χ1) is 12.6. The molecule has 136 valence electrons. The maximum absolute atomic E-state index is 12.6. The van der Waals surface area contributed by atoms with Gasteiger partial charge < -0.3 is 14.9 Å². The standard InChI is InChI=1S/C19H20N2O4S/c22-17(12-14-4-1-2-5-16(14)19(24)25)20-7-3-8-21(10-9-20)18(23)15-6-11-26-13-15/h1-2,4-6,11,13H,3,7-10,12H2,(H,24,25). The number of carbonyl (C=O) groups is 3. The molecule has 1 aromatic carbocycles. The van der Waals surface area contributed by atoms with Crippen molar-refractivity contribution in [1.82, 2.24) is 9.80 Å². The van der Waals surface area contributed by atoms with Gasteiger partial charge in [-0.05, 0) is 29.5 Å². The zero-order valence-corrected chi connectivity index (χ0v) is 15.1. The largest absolute Gasteiger partial charge is 0.478 e. The lowest BCUT2D eigenvalue weighted by Crippen LogP contribution is -2.38. The van der Waals surface area contributed by atoms with E-state index in [2.05, 4.69) is 0 Å². The summed E-state index contributed by atoms with van der Waals surface area (Å²) in [4.78, 5) is 39.9. The molecule has 2 amide bonds. The van der Waals surface area contributed by atoms with Gasteiger partial charge in [0, 0.05) is 31.6 Å². The van der Waals surface area contributed by atoms with E-state index in [-0.39, 0.29) is 23.8 Å². The van der Waals surface area contributed by atoms with Crippen molar-refractivity contribution in [2.75, 3.05) is 26.2 Å². The molecule has 0 atom stereocenters. The Kier molecular flexibility index (Phi) is 5.68. The van der Waals surface area contributed by atoms with Crippen molar-refractivity contribution in [3.8, 4) is 0 Å². The smallest absolute Gasteiger partial charge is 0.335 e. The molecular weight excluding hydrogens is 352 g/mol. The van der Waals surface area contributed by atoms with E-state index in [9.17, 15) is 19.5 Å². The van der Waals surface area contributed by atoms with E-state index in [4.69, 9.17) is 0 Å². The predicted molar refractivity (Wildman–Crippen MR) is 98.5 cm³/mol. The van der Waals surface area contributed by atoms with Gasteiger partial charge in [-0.25, -0.2) is 4.79 Å². The molecule has 26 heavy (non-hydrogen) atoms. The van der Waals surface area contributed by atoms with Crippen LogP contribution >= 0.6 is 11.3 Å². The molecule has 2 heterocycles. The summed E-state index contributed by atoms with van der Waals surface area (Å²) in [6.45, 7) is 2.14. The highest BCUT2D eigenvalue weighted by molar-refractivity contribution is 7.08. The fourth-order valence-corrected chi connectivity index (χ4v) is 3.73. The summed E-state index contributed by atoms with van der Waals surface area (Å²) in [5.41, 5.74) is 1.36. The number of nitrogens with zero attached hydrogens (tertiary/aromatic N) is 2. The van der Waals surface area contributed by atoms with Crippen molar-refractivity contribution in [3.05, 3.63) is 57.8 Å². The van der Waals surface area contributed by atoms with Gasteiger partial charge in [0.2, 0.25) is 5.91 Å². The normalized spacial score (nSPS) is 14.8. The number of carboxylic acid groups (broad SMARTS) is 1. The summed E-state index contributed by atoms with van der Waals surface area (Å²) < 4.78 is 0. The highest BCUT2D eigenvalue weighted by Crippen LogP contribution is 2.15. The molecule has 6 nitrogen and oxygen atoms in total. The van der Waals surface area contributed by atoms with Gasteiger partial charge in [-0.15, -0.1) is 0 Å². The third-order valence-electron chi connectivity index (χ3n) is 4.49. The van der Waals surface area contributed by atoms with Crippen LogP contribution < -0.4 is 0 Å². The second-order valence-corrected chi connectivity index (χ2v) is 6.96. The maximum atomic E-state index is 12.6. The number of rotatable bonds is 4. The number of aromatic carboxylic acids is 1. The van der Waals surface area contributed by atoms with Crippen molar-refractivity contribution in [2.24, 2.45) is 0 Å². The summed E-state index contributed by atoms with van der Waals surface area (Å²) in [5, 5.41) is 13.0. The van der Waals surface area contributed by atoms with Crippen molar-refractivity contribution < 1.29 is 19.5 Å². The molecule has 0 radical (unpaired) electrons. The van der Waals surface area contributed by atoms with E-state index >= 15 is 0 Å². The molecule has 2 aromatic rings. The highest BCUT2D eigenvalue weighted by Gasteiger charge is 2.24. The first-order valence-electron chi connectivity index (χ1n) is 8.46. The molecule has 1 saturated heterocycles. The van der Waals surface area contributed by atoms with Crippen LogP contribution in [0.3, 0.4) is 0 Å². The Morgan fingerprint density at radius 3 is 2.46 bits per heavy atom. The number of benzene rings is 1. The molecule has 0 aliphatic carbocycles. The van der Waals surface area contributed by atoms with Crippen molar-refractivity contribution >= 4 is 29.1 Å². The van der Waals surface area contributed by atoms with E-state index in [1.807, 2.05) is 16.8 Å². The Balaban J connectivity index is 1.63. The quantitative estimate of drug-likeness (QED) is 0.894. The molecule has 1 aliphatic heterocycles. The van der Waals surface area contributed by atoms with Crippen LogP contribution in [0.25, 0.3) is 0 Å². The van der Waals surface area contributed by atoms with Crippen LogP contribution in [0.5, 0.6) is 0 Å². The third kappa shape index (κ3) is 4.11. The number of hydrogen-bond donors (Lipinski definition) is 1. The van der Waals surface area contributed by atoms with E-state index < -0.39 is 5.97 Å². The summed E-state index contributed by atoms with van der Waals surface area (Å²) >= 11 is 1.49.